The normalized spacial score (nSPS) is 23.7. The Balaban J connectivity index is 2.21. The lowest BCUT2D eigenvalue weighted by molar-refractivity contribution is -0.386. The number of aliphatic hydroxyl groups excluding tert-OH is 1. The zero-order valence-corrected chi connectivity index (χ0v) is 9.71. The van der Waals surface area contributed by atoms with Crippen LogP contribution < -0.4 is 4.74 Å². The van der Waals surface area contributed by atoms with E-state index in [4.69, 9.17) is 4.74 Å². The van der Waals surface area contributed by atoms with Crippen molar-refractivity contribution < 1.29 is 19.2 Å². The van der Waals surface area contributed by atoms with E-state index in [1.54, 1.807) is 0 Å². The highest BCUT2D eigenvalue weighted by atomic mass is 19.1. The molecular formula is C12H14FNO4. The second-order valence-electron chi connectivity index (χ2n) is 4.38. The molecule has 1 aromatic carbocycles. The highest BCUT2D eigenvalue weighted by Gasteiger charge is 2.27. The maximum absolute atomic E-state index is 13.1. The smallest absolute Gasteiger partial charge is 0.311 e. The number of nitro benzene ring substituents is 1. The van der Waals surface area contributed by atoms with Crippen LogP contribution in [-0.2, 0) is 0 Å². The van der Waals surface area contributed by atoms with Crippen molar-refractivity contribution in [2.45, 2.75) is 37.9 Å². The van der Waals surface area contributed by atoms with E-state index >= 15 is 0 Å². The largest absolute Gasteiger partial charge is 0.481 e. The summed E-state index contributed by atoms with van der Waals surface area (Å²) in [5, 5.41) is 20.5. The molecule has 18 heavy (non-hydrogen) atoms. The van der Waals surface area contributed by atoms with Crippen LogP contribution in [0.1, 0.15) is 25.7 Å². The first-order valence-electron chi connectivity index (χ1n) is 5.86. The Labute approximate surface area is 103 Å². The van der Waals surface area contributed by atoms with E-state index < -0.39 is 22.9 Å². The number of benzene rings is 1. The van der Waals surface area contributed by atoms with Gasteiger partial charge in [-0.05, 0) is 25.3 Å². The van der Waals surface area contributed by atoms with Gasteiger partial charge in [0.2, 0.25) is 0 Å². The molecule has 0 spiro atoms. The lowest BCUT2D eigenvalue weighted by Crippen LogP contribution is -2.34. The number of ether oxygens (including phenoxy) is 1. The maximum Gasteiger partial charge on any atom is 0.311 e. The van der Waals surface area contributed by atoms with Gasteiger partial charge in [0.15, 0.2) is 5.75 Å². The zero-order chi connectivity index (χ0) is 13.1. The van der Waals surface area contributed by atoms with Gasteiger partial charge in [0, 0.05) is 12.1 Å². The SMILES string of the molecule is O=[N+]([O-])c1ccc(F)cc1O[C@H]1CCCC[C@@H]1O. The number of hydrogen-bond donors (Lipinski definition) is 1. The Morgan fingerprint density at radius 2 is 2.11 bits per heavy atom. The van der Waals surface area contributed by atoms with E-state index in [1.165, 1.54) is 0 Å². The Morgan fingerprint density at radius 1 is 1.39 bits per heavy atom. The third kappa shape index (κ3) is 2.76. The number of halogens is 1. The van der Waals surface area contributed by atoms with Crippen LogP contribution in [0.2, 0.25) is 0 Å². The van der Waals surface area contributed by atoms with Gasteiger partial charge in [-0.3, -0.25) is 10.1 Å². The second-order valence-corrected chi connectivity index (χ2v) is 4.38. The molecular weight excluding hydrogens is 241 g/mol. The van der Waals surface area contributed by atoms with Crippen LogP contribution in [0.15, 0.2) is 18.2 Å². The molecule has 1 saturated carbocycles. The summed E-state index contributed by atoms with van der Waals surface area (Å²) >= 11 is 0. The summed E-state index contributed by atoms with van der Waals surface area (Å²) in [7, 11) is 0. The average Bonchev–Trinajstić information content (AvgIpc) is 2.32. The molecule has 0 amide bonds. The van der Waals surface area contributed by atoms with Crippen LogP contribution in [0.5, 0.6) is 5.75 Å². The fraction of sp³-hybridized carbons (Fsp3) is 0.500. The minimum Gasteiger partial charge on any atom is -0.481 e. The summed E-state index contributed by atoms with van der Waals surface area (Å²) < 4.78 is 18.5. The highest BCUT2D eigenvalue weighted by molar-refractivity contribution is 5.46. The first-order valence-corrected chi connectivity index (χ1v) is 5.86. The van der Waals surface area contributed by atoms with Crippen molar-refractivity contribution in [1.29, 1.82) is 0 Å². The number of hydrogen-bond acceptors (Lipinski definition) is 4. The summed E-state index contributed by atoms with van der Waals surface area (Å²) in [6.07, 6.45) is 1.88. The molecule has 98 valence electrons. The quantitative estimate of drug-likeness (QED) is 0.665. The van der Waals surface area contributed by atoms with Crippen LogP contribution in [-0.4, -0.2) is 22.2 Å². The van der Waals surface area contributed by atoms with Crippen LogP contribution >= 0.6 is 0 Å². The van der Waals surface area contributed by atoms with Crippen molar-refractivity contribution in [3.63, 3.8) is 0 Å². The Morgan fingerprint density at radius 3 is 2.78 bits per heavy atom. The standard InChI is InChI=1S/C12H14FNO4/c13-8-5-6-9(14(16)17)12(7-8)18-11-4-2-1-3-10(11)15/h5-7,10-11,15H,1-4H2/t10-,11-/m0/s1. The molecule has 0 aliphatic heterocycles. The number of nitro groups is 1. The van der Waals surface area contributed by atoms with E-state index in [1.807, 2.05) is 0 Å². The predicted molar refractivity (Wildman–Crippen MR) is 61.9 cm³/mol. The van der Waals surface area contributed by atoms with E-state index in [2.05, 4.69) is 0 Å². The maximum atomic E-state index is 13.1. The van der Waals surface area contributed by atoms with E-state index in [9.17, 15) is 19.6 Å². The third-order valence-electron chi connectivity index (χ3n) is 3.06. The Hall–Kier alpha value is -1.69. The van der Waals surface area contributed by atoms with Crippen molar-refractivity contribution in [1.82, 2.24) is 0 Å². The first-order chi connectivity index (χ1) is 8.58. The van der Waals surface area contributed by atoms with Crippen LogP contribution in [0.25, 0.3) is 0 Å². The third-order valence-corrected chi connectivity index (χ3v) is 3.06. The van der Waals surface area contributed by atoms with Gasteiger partial charge in [0.25, 0.3) is 0 Å². The van der Waals surface area contributed by atoms with Gasteiger partial charge in [0.05, 0.1) is 11.0 Å². The summed E-state index contributed by atoms with van der Waals surface area (Å²) in [4.78, 5) is 10.2. The zero-order valence-electron chi connectivity index (χ0n) is 9.71. The number of nitrogens with zero attached hydrogens (tertiary/aromatic N) is 1. The average molecular weight is 255 g/mol. The molecule has 2 rings (SSSR count). The van der Waals surface area contributed by atoms with E-state index in [-0.39, 0.29) is 11.4 Å². The molecule has 0 radical (unpaired) electrons. The van der Waals surface area contributed by atoms with Gasteiger partial charge < -0.3 is 9.84 Å². The van der Waals surface area contributed by atoms with Crippen molar-refractivity contribution in [3.8, 4) is 5.75 Å². The number of aliphatic hydroxyl groups is 1. The first kappa shape index (κ1) is 12.8. The van der Waals surface area contributed by atoms with Gasteiger partial charge in [-0.1, -0.05) is 6.42 Å². The highest BCUT2D eigenvalue weighted by Crippen LogP contribution is 2.31. The van der Waals surface area contributed by atoms with Crippen molar-refractivity contribution in [2.75, 3.05) is 0 Å². The molecule has 1 N–H and O–H groups in total. The molecule has 0 heterocycles. The summed E-state index contributed by atoms with van der Waals surface area (Å²) in [6, 6.07) is 3.07. The van der Waals surface area contributed by atoms with Crippen LogP contribution in [0, 0.1) is 15.9 Å². The number of rotatable bonds is 3. The van der Waals surface area contributed by atoms with Crippen molar-refractivity contribution in [2.24, 2.45) is 0 Å². The fourth-order valence-electron chi connectivity index (χ4n) is 2.11. The topological polar surface area (TPSA) is 72.6 Å². The Kier molecular flexibility index (Phi) is 3.76. The van der Waals surface area contributed by atoms with Crippen LogP contribution in [0.4, 0.5) is 10.1 Å². The van der Waals surface area contributed by atoms with Crippen molar-refractivity contribution >= 4 is 5.69 Å². The lowest BCUT2D eigenvalue weighted by atomic mass is 9.95. The molecule has 0 bridgehead atoms. The predicted octanol–water partition coefficient (Wildman–Crippen LogP) is 2.42. The van der Waals surface area contributed by atoms with Gasteiger partial charge >= 0.3 is 5.69 Å². The second kappa shape index (κ2) is 5.30. The molecule has 1 aliphatic rings. The lowest BCUT2D eigenvalue weighted by Gasteiger charge is -2.27. The summed E-state index contributed by atoms with van der Waals surface area (Å²) in [5.41, 5.74) is -0.283. The Bertz CT molecular complexity index is 452. The minimum absolute atomic E-state index is 0.119. The molecule has 0 aromatic heterocycles. The molecule has 0 unspecified atom stereocenters. The molecule has 6 heteroatoms. The molecule has 1 fully saturated rings. The molecule has 1 aromatic rings. The summed E-state index contributed by atoms with van der Waals surface area (Å²) in [6.45, 7) is 0. The van der Waals surface area contributed by atoms with Crippen molar-refractivity contribution in [3.05, 3.63) is 34.1 Å². The van der Waals surface area contributed by atoms with Gasteiger partial charge in [0.1, 0.15) is 11.9 Å². The monoisotopic (exact) mass is 255 g/mol. The van der Waals surface area contributed by atoms with Gasteiger partial charge in [-0.15, -0.1) is 0 Å². The molecule has 5 nitrogen and oxygen atoms in total. The summed E-state index contributed by atoms with van der Waals surface area (Å²) in [5.74, 6) is -0.716. The van der Waals surface area contributed by atoms with Crippen LogP contribution in [0.3, 0.4) is 0 Å². The van der Waals surface area contributed by atoms with E-state index in [0.717, 1.165) is 31.0 Å². The fourth-order valence-corrected chi connectivity index (χ4v) is 2.11. The molecule has 1 aliphatic carbocycles. The molecule has 0 saturated heterocycles. The van der Waals surface area contributed by atoms with Gasteiger partial charge in [-0.25, -0.2) is 4.39 Å². The molecule has 2 atom stereocenters. The van der Waals surface area contributed by atoms with E-state index in [0.29, 0.717) is 12.8 Å². The van der Waals surface area contributed by atoms with Gasteiger partial charge in [-0.2, -0.15) is 0 Å². The minimum atomic E-state index is -0.651.